The number of aryl methyl sites for hydroxylation is 1. The summed E-state index contributed by atoms with van der Waals surface area (Å²) in [6.45, 7) is 8.63. The van der Waals surface area contributed by atoms with Crippen molar-refractivity contribution in [3.8, 4) is 0 Å². The van der Waals surface area contributed by atoms with Crippen LogP contribution in [-0.4, -0.2) is 9.55 Å². The molecule has 1 atom stereocenters. The van der Waals surface area contributed by atoms with Crippen LogP contribution in [0.1, 0.15) is 44.6 Å². The summed E-state index contributed by atoms with van der Waals surface area (Å²) < 4.78 is 1.95. The predicted octanol–water partition coefficient (Wildman–Crippen LogP) is 2.46. The molecular formula is C11H21N3. The minimum atomic E-state index is 0.454. The molecule has 80 valence electrons. The molecule has 2 N–H and O–H groups in total. The van der Waals surface area contributed by atoms with Gasteiger partial charge in [-0.15, -0.1) is 0 Å². The van der Waals surface area contributed by atoms with Gasteiger partial charge in [-0.2, -0.15) is 0 Å². The fraction of sp³-hybridized carbons (Fsp3) is 0.727. The Morgan fingerprint density at radius 3 is 2.29 bits per heavy atom. The van der Waals surface area contributed by atoms with Gasteiger partial charge in [-0.05, 0) is 19.3 Å². The van der Waals surface area contributed by atoms with Crippen LogP contribution in [0.25, 0.3) is 0 Å². The van der Waals surface area contributed by atoms with E-state index in [9.17, 15) is 0 Å². The topological polar surface area (TPSA) is 43.8 Å². The van der Waals surface area contributed by atoms with Gasteiger partial charge in [0.15, 0.2) is 0 Å². The molecule has 0 spiro atoms. The quantitative estimate of drug-likeness (QED) is 0.805. The number of hydrogen-bond acceptors (Lipinski definition) is 2. The number of rotatable bonds is 3. The van der Waals surface area contributed by atoms with Gasteiger partial charge in [0.25, 0.3) is 0 Å². The lowest BCUT2D eigenvalue weighted by atomic mass is 9.96. The molecule has 0 aliphatic heterocycles. The number of anilines is 1. The minimum absolute atomic E-state index is 0.454. The molecule has 1 unspecified atom stereocenters. The molecule has 0 fully saturated rings. The van der Waals surface area contributed by atoms with Gasteiger partial charge >= 0.3 is 0 Å². The zero-order valence-corrected chi connectivity index (χ0v) is 9.83. The molecule has 0 aliphatic carbocycles. The van der Waals surface area contributed by atoms with Crippen LogP contribution in [0.15, 0.2) is 0 Å². The van der Waals surface area contributed by atoms with E-state index in [1.807, 2.05) is 18.5 Å². The maximum Gasteiger partial charge on any atom is 0.126 e. The van der Waals surface area contributed by atoms with E-state index >= 15 is 0 Å². The van der Waals surface area contributed by atoms with E-state index in [-0.39, 0.29) is 0 Å². The monoisotopic (exact) mass is 195 g/mol. The highest BCUT2D eigenvalue weighted by molar-refractivity contribution is 5.39. The van der Waals surface area contributed by atoms with E-state index in [2.05, 4.69) is 25.8 Å². The molecule has 0 aromatic carbocycles. The van der Waals surface area contributed by atoms with E-state index in [1.165, 1.54) is 0 Å². The second kappa shape index (κ2) is 4.03. The molecule has 1 aromatic rings. The molecule has 1 aromatic heterocycles. The third-order valence-corrected chi connectivity index (χ3v) is 2.68. The average molecular weight is 195 g/mol. The summed E-state index contributed by atoms with van der Waals surface area (Å²) in [6.07, 6.45) is 1.14. The van der Waals surface area contributed by atoms with Crippen LogP contribution in [-0.2, 0) is 7.05 Å². The van der Waals surface area contributed by atoms with E-state index in [4.69, 9.17) is 5.73 Å². The molecular weight excluding hydrogens is 174 g/mol. The number of aromatic nitrogens is 2. The van der Waals surface area contributed by atoms with Gasteiger partial charge in [0.1, 0.15) is 11.6 Å². The van der Waals surface area contributed by atoms with Crippen LogP contribution < -0.4 is 5.73 Å². The lowest BCUT2D eigenvalue weighted by Crippen LogP contribution is -2.04. The van der Waals surface area contributed by atoms with Crippen molar-refractivity contribution in [2.45, 2.75) is 40.0 Å². The first kappa shape index (κ1) is 11.1. The molecule has 0 amide bonds. The van der Waals surface area contributed by atoms with Crippen LogP contribution in [0.3, 0.4) is 0 Å². The van der Waals surface area contributed by atoms with E-state index < -0.39 is 0 Å². The van der Waals surface area contributed by atoms with Gasteiger partial charge < -0.3 is 10.3 Å². The summed E-state index contributed by atoms with van der Waals surface area (Å²) in [7, 11) is 1.96. The van der Waals surface area contributed by atoms with Crippen LogP contribution in [0.2, 0.25) is 0 Å². The Labute approximate surface area is 86.3 Å². The fourth-order valence-electron chi connectivity index (χ4n) is 1.83. The van der Waals surface area contributed by atoms with E-state index in [0.29, 0.717) is 11.8 Å². The largest absolute Gasteiger partial charge is 0.384 e. The summed E-state index contributed by atoms with van der Waals surface area (Å²) in [4.78, 5) is 4.50. The minimum Gasteiger partial charge on any atom is -0.384 e. The van der Waals surface area contributed by atoms with Crippen molar-refractivity contribution in [1.82, 2.24) is 9.55 Å². The van der Waals surface area contributed by atoms with Crippen molar-refractivity contribution in [1.29, 1.82) is 0 Å². The highest BCUT2D eigenvalue weighted by Crippen LogP contribution is 2.27. The second-order valence-electron chi connectivity index (χ2n) is 4.52. The summed E-state index contributed by atoms with van der Waals surface area (Å²) in [6, 6.07) is 0. The Hall–Kier alpha value is -0.990. The highest BCUT2D eigenvalue weighted by atomic mass is 15.1. The van der Waals surface area contributed by atoms with Gasteiger partial charge in [0, 0.05) is 13.0 Å². The Morgan fingerprint density at radius 2 is 1.93 bits per heavy atom. The summed E-state index contributed by atoms with van der Waals surface area (Å²) in [5, 5.41) is 0. The number of nitrogen functional groups attached to an aromatic ring is 1. The van der Waals surface area contributed by atoms with E-state index in [0.717, 1.165) is 23.8 Å². The van der Waals surface area contributed by atoms with Crippen molar-refractivity contribution in [3.63, 3.8) is 0 Å². The van der Waals surface area contributed by atoms with Crippen molar-refractivity contribution >= 4 is 5.82 Å². The van der Waals surface area contributed by atoms with Crippen molar-refractivity contribution < 1.29 is 0 Å². The third kappa shape index (κ3) is 2.08. The Balaban J connectivity index is 2.90. The molecule has 0 aliphatic rings. The lowest BCUT2D eigenvalue weighted by Gasteiger charge is -2.12. The molecule has 0 saturated heterocycles. The van der Waals surface area contributed by atoms with Gasteiger partial charge in [0.2, 0.25) is 0 Å². The van der Waals surface area contributed by atoms with Crippen molar-refractivity contribution in [2.24, 2.45) is 13.0 Å². The summed E-state index contributed by atoms with van der Waals surface area (Å²) in [5.41, 5.74) is 7.03. The molecule has 3 heteroatoms. The fourth-order valence-corrected chi connectivity index (χ4v) is 1.83. The summed E-state index contributed by atoms with van der Waals surface area (Å²) >= 11 is 0. The third-order valence-electron chi connectivity index (χ3n) is 2.68. The number of imidazole rings is 1. The zero-order chi connectivity index (χ0) is 10.9. The van der Waals surface area contributed by atoms with Crippen LogP contribution >= 0.6 is 0 Å². The van der Waals surface area contributed by atoms with E-state index in [1.54, 1.807) is 0 Å². The normalized spacial score (nSPS) is 13.6. The Morgan fingerprint density at radius 1 is 1.36 bits per heavy atom. The number of nitrogens with two attached hydrogens (primary N) is 1. The van der Waals surface area contributed by atoms with Crippen LogP contribution in [0, 0.1) is 12.8 Å². The molecule has 1 heterocycles. The molecule has 1 rings (SSSR count). The zero-order valence-electron chi connectivity index (χ0n) is 9.83. The van der Waals surface area contributed by atoms with Gasteiger partial charge in [-0.3, -0.25) is 0 Å². The first-order valence-electron chi connectivity index (χ1n) is 5.22. The second-order valence-corrected chi connectivity index (χ2v) is 4.52. The highest BCUT2D eigenvalue weighted by Gasteiger charge is 2.16. The SMILES string of the molecule is Cc1nc(C(C)CC(C)C)c(N)n1C. The molecule has 0 bridgehead atoms. The molecule has 3 nitrogen and oxygen atoms in total. The molecule has 0 radical (unpaired) electrons. The molecule has 14 heavy (non-hydrogen) atoms. The lowest BCUT2D eigenvalue weighted by molar-refractivity contribution is 0.518. The van der Waals surface area contributed by atoms with Gasteiger partial charge in [0.05, 0.1) is 5.69 Å². The maximum absolute atomic E-state index is 5.98. The van der Waals surface area contributed by atoms with Crippen molar-refractivity contribution in [2.75, 3.05) is 5.73 Å². The Kier molecular flexibility index (Phi) is 3.19. The predicted molar refractivity (Wildman–Crippen MR) is 60.2 cm³/mol. The number of hydrogen-bond donors (Lipinski definition) is 1. The first-order valence-corrected chi connectivity index (χ1v) is 5.22. The average Bonchev–Trinajstić information content (AvgIpc) is 2.32. The van der Waals surface area contributed by atoms with Gasteiger partial charge in [-0.25, -0.2) is 4.98 Å². The number of nitrogens with zero attached hydrogens (tertiary/aromatic N) is 2. The first-order chi connectivity index (χ1) is 6.43. The summed E-state index contributed by atoms with van der Waals surface area (Å²) in [5.74, 6) is 2.95. The van der Waals surface area contributed by atoms with Crippen LogP contribution in [0.5, 0.6) is 0 Å². The smallest absolute Gasteiger partial charge is 0.126 e. The van der Waals surface area contributed by atoms with Crippen LogP contribution in [0.4, 0.5) is 5.82 Å². The van der Waals surface area contributed by atoms with Gasteiger partial charge in [-0.1, -0.05) is 20.8 Å². The maximum atomic E-state index is 5.98. The van der Waals surface area contributed by atoms with Crippen molar-refractivity contribution in [3.05, 3.63) is 11.5 Å². The Bertz CT molecular complexity index is 313. The standard InChI is InChI=1S/C11H21N3/c1-7(2)6-8(3)10-11(12)14(5)9(4)13-10/h7-8H,6,12H2,1-5H3. The molecule has 0 saturated carbocycles.